The highest BCUT2D eigenvalue weighted by Crippen LogP contribution is 2.20. The molecule has 0 N–H and O–H groups in total. The molecule has 1 heteroatoms. The topological polar surface area (TPSA) is 9.23 Å². The van der Waals surface area contributed by atoms with E-state index in [1.54, 1.807) is 0 Å². The largest absolute Gasteiger partial charge is 0.493 e. The lowest BCUT2D eigenvalue weighted by Crippen LogP contribution is -1.98. The van der Waals surface area contributed by atoms with E-state index >= 15 is 0 Å². The van der Waals surface area contributed by atoms with Crippen molar-refractivity contribution < 1.29 is 4.74 Å². The highest BCUT2D eigenvalue weighted by molar-refractivity contribution is 5.37. The first-order valence-electron chi connectivity index (χ1n) is 5.61. The minimum atomic E-state index is 0.814. The van der Waals surface area contributed by atoms with Crippen LogP contribution in [0.15, 0.2) is 30.9 Å². The first kappa shape index (κ1) is 11.8. The maximum Gasteiger partial charge on any atom is 0.122 e. The molecule has 0 heterocycles. The van der Waals surface area contributed by atoms with Gasteiger partial charge in [-0.15, -0.1) is 6.58 Å². The Kier molecular flexibility index (Phi) is 4.96. The van der Waals surface area contributed by atoms with Crippen molar-refractivity contribution in [3.63, 3.8) is 0 Å². The molecule has 0 fully saturated rings. The van der Waals surface area contributed by atoms with Gasteiger partial charge >= 0.3 is 0 Å². The zero-order valence-electron chi connectivity index (χ0n) is 9.75. The highest BCUT2D eigenvalue weighted by atomic mass is 16.5. The van der Waals surface area contributed by atoms with Gasteiger partial charge in [-0.2, -0.15) is 0 Å². The Balaban J connectivity index is 2.67. The van der Waals surface area contributed by atoms with Crippen LogP contribution in [0.25, 0.3) is 0 Å². The van der Waals surface area contributed by atoms with Gasteiger partial charge in [0.15, 0.2) is 0 Å². The van der Waals surface area contributed by atoms with Crippen molar-refractivity contribution in [3.8, 4) is 5.75 Å². The predicted octanol–water partition coefficient (Wildman–Crippen LogP) is 3.90. The van der Waals surface area contributed by atoms with Crippen molar-refractivity contribution >= 4 is 0 Å². The van der Waals surface area contributed by atoms with Crippen molar-refractivity contribution in [2.45, 2.75) is 33.1 Å². The van der Waals surface area contributed by atoms with Crippen LogP contribution in [0.5, 0.6) is 5.75 Å². The van der Waals surface area contributed by atoms with Crippen LogP contribution in [0.4, 0.5) is 0 Å². The van der Waals surface area contributed by atoms with Crippen molar-refractivity contribution in [3.05, 3.63) is 42.0 Å². The van der Waals surface area contributed by atoms with Crippen molar-refractivity contribution in [2.75, 3.05) is 6.61 Å². The van der Waals surface area contributed by atoms with Gasteiger partial charge in [0.2, 0.25) is 0 Å². The number of rotatable bonds is 6. The molecule has 82 valence electrons. The van der Waals surface area contributed by atoms with E-state index < -0.39 is 0 Å². The molecule has 0 radical (unpaired) electrons. The fourth-order valence-electron chi connectivity index (χ4n) is 1.42. The Morgan fingerprint density at radius 1 is 1.40 bits per heavy atom. The molecule has 0 bridgehead atoms. The normalized spacial score (nSPS) is 10.0. The standard InChI is InChI=1S/C14H20O/c1-4-6-10-15-14-11-13(7-5-2)9-8-12(14)3/h5,8-9,11H,2,4,6-7,10H2,1,3H3. The average molecular weight is 204 g/mol. The molecule has 0 aliphatic heterocycles. The van der Waals surface area contributed by atoms with Crippen LogP contribution in [0, 0.1) is 6.92 Å². The van der Waals surface area contributed by atoms with E-state index in [9.17, 15) is 0 Å². The highest BCUT2D eigenvalue weighted by Gasteiger charge is 2.00. The smallest absolute Gasteiger partial charge is 0.122 e. The van der Waals surface area contributed by atoms with Gasteiger partial charge in [-0.3, -0.25) is 0 Å². The number of unbranched alkanes of at least 4 members (excludes halogenated alkanes) is 1. The fraction of sp³-hybridized carbons (Fsp3) is 0.429. The van der Waals surface area contributed by atoms with Gasteiger partial charge in [-0.05, 0) is 37.0 Å². The minimum absolute atomic E-state index is 0.814. The third kappa shape index (κ3) is 3.78. The van der Waals surface area contributed by atoms with Gasteiger partial charge in [-0.25, -0.2) is 0 Å². The first-order chi connectivity index (χ1) is 7.27. The maximum absolute atomic E-state index is 5.73. The van der Waals surface area contributed by atoms with Gasteiger partial charge in [0, 0.05) is 0 Å². The zero-order valence-corrected chi connectivity index (χ0v) is 9.75. The monoisotopic (exact) mass is 204 g/mol. The Morgan fingerprint density at radius 3 is 2.87 bits per heavy atom. The van der Waals surface area contributed by atoms with Crippen LogP contribution >= 0.6 is 0 Å². The molecule has 0 saturated heterocycles. The summed E-state index contributed by atoms with van der Waals surface area (Å²) in [7, 11) is 0. The van der Waals surface area contributed by atoms with Gasteiger partial charge in [0.1, 0.15) is 5.75 Å². The number of allylic oxidation sites excluding steroid dienone is 1. The number of hydrogen-bond acceptors (Lipinski definition) is 1. The van der Waals surface area contributed by atoms with E-state index in [-0.39, 0.29) is 0 Å². The van der Waals surface area contributed by atoms with Gasteiger partial charge < -0.3 is 4.74 Å². The first-order valence-corrected chi connectivity index (χ1v) is 5.61. The minimum Gasteiger partial charge on any atom is -0.493 e. The Hall–Kier alpha value is -1.24. The Bertz CT molecular complexity index is 315. The van der Waals surface area contributed by atoms with E-state index in [1.165, 1.54) is 17.5 Å². The summed E-state index contributed by atoms with van der Waals surface area (Å²) < 4.78 is 5.73. The summed E-state index contributed by atoms with van der Waals surface area (Å²) in [5.74, 6) is 1.02. The number of ether oxygens (including phenoxy) is 1. The molecule has 1 aromatic rings. The van der Waals surface area contributed by atoms with Gasteiger partial charge in [0.05, 0.1) is 6.61 Å². The van der Waals surface area contributed by atoms with Crippen molar-refractivity contribution in [1.82, 2.24) is 0 Å². The Morgan fingerprint density at radius 2 is 2.20 bits per heavy atom. The second-order valence-corrected chi connectivity index (χ2v) is 3.79. The summed E-state index contributed by atoms with van der Waals surface area (Å²) in [5.41, 5.74) is 2.47. The molecule has 0 aliphatic rings. The Labute approximate surface area is 92.8 Å². The van der Waals surface area contributed by atoms with Crippen LogP contribution in [-0.4, -0.2) is 6.61 Å². The van der Waals surface area contributed by atoms with E-state index in [1.807, 2.05) is 6.08 Å². The average Bonchev–Trinajstić information content (AvgIpc) is 2.23. The summed E-state index contributed by atoms with van der Waals surface area (Å²) in [6, 6.07) is 6.36. The summed E-state index contributed by atoms with van der Waals surface area (Å²) in [6.45, 7) is 8.81. The van der Waals surface area contributed by atoms with Crippen LogP contribution < -0.4 is 4.74 Å². The molecule has 1 aromatic carbocycles. The van der Waals surface area contributed by atoms with Crippen molar-refractivity contribution in [1.29, 1.82) is 0 Å². The SMILES string of the molecule is C=CCc1ccc(C)c(OCCCC)c1. The summed E-state index contributed by atoms with van der Waals surface area (Å²) in [4.78, 5) is 0. The van der Waals surface area contributed by atoms with Crippen LogP contribution in [0.2, 0.25) is 0 Å². The zero-order chi connectivity index (χ0) is 11.1. The molecule has 0 aliphatic carbocycles. The van der Waals surface area contributed by atoms with E-state index in [0.717, 1.165) is 25.2 Å². The second-order valence-electron chi connectivity index (χ2n) is 3.79. The maximum atomic E-state index is 5.73. The molecule has 0 aromatic heterocycles. The number of benzene rings is 1. The predicted molar refractivity (Wildman–Crippen MR) is 65.5 cm³/mol. The quantitative estimate of drug-likeness (QED) is 0.504. The molecule has 0 saturated carbocycles. The molecule has 0 spiro atoms. The second kappa shape index (κ2) is 6.28. The van der Waals surface area contributed by atoms with Gasteiger partial charge in [-0.1, -0.05) is 31.6 Å². The molecule has 15 heavy (non-hydrogen) atoms. The molecule has 1 rings (SSSR count). The lowest BCUT2D eigenvalue weighted by molar-refractivity contribution is 0.307. The van der Waals surface area contributed by atoms with Crippen LogP contribution in [0.1, 0.15) is 30.9 Å². The third-order valence-corrected chi connectivity index (χ3v) is 2.39. The van der Waals surface area contributed by atoms with E-state index in [0.29, 0.717) is 0 Å². The third-order valence-electron chi connectivity index (χ3n) is 2.39. The summed E-state index contributed by atoms with van der Waals surface area (Å²) in [5, 5.41) is 0. The van der Waals surface area contributed by atoms with Crippen LogP contribution in [-0.2, 0) is 6.42 Å². The summed E-state index contributed by atoms with van der Waals surface area (Å²) >= 11 is 0. The summed E-state index contributed by atoms with van der Waals surface area (Å²) in [6.07, 6.45) is 5.11. The van der Waals surface area contributed by atoms with Crippen LogP contribution in [0.3, 0.4) is 0 Å². The van der Waals surface area contributed by atoms with E-state index in [2.05, 4.69) is 38.6 Å². The van der Waals surface area contributed by atoms with Gasteiger partial charge in [0.25, 0.3) is 0 Å². The molecule has 0 atom stereocenters. The molecular weight excluding hydrogens is 184 g/mol. The molecular formula is C14H20O. The van der Waals surface area contributed by atoms with E-state index in [4.69, 9.17) is 4.74 Å². The molecule has 0 unspecified atom stereocenters. The fourth-order valence-corrected chi connectivity index (χ4v) is 1.42. The van der Waals surface area contributed by atoms with Crippen molar-refractivity contribution in [2.24, 2.45) is 0 Å². The molecule has 1 nitrogen and oxygen atoms in total. The lowest BCUT2D eigenvalue weighted by atomic mass is 10.1. The molecule has 0 amide bonds. The number of aryl methyl sites for hydroxylation is 1. The lowest BCUT2D eigenvalue weighted by Gasteiger charge is -2.09. The number of hydrogen-bond donors (Lipinski definition) is 0.